The molecular weight excluding hydrogens is 222 g/mol. The summed E-state index contributed by atoms with van der Waals surface area (Å²) in [6.45, 7) is 0. The Morgan fingerprint density at radius 1 is 1.40 bits per heavy atom. The summed E-state index contributed by atoms with van der Waals surface area (Å²) in [5, 5.41) is 17.4. The van der Waals surface area contributed by atoms with Crippen molar-refractivity contribution in [3.05, 3.63) is 24.4 Å². The molecule has 0 aliphatic carbocycles. The van der Waals surface area contributed by atoms with Crippen LogP contribution in [-0.4, -0.2) is 31.8 Å². The topological polar surface area (TPSA) is 103 Å². The number of nitrogens with zero attached hydrogens (tertiary/aromatic N) is 2. The van der Waals surface area contributed by atoms with Crippen molar-refractivity contribution >= 4 is 24.1 Å². The molecule has 0 aromatic carbocycles. The molecule has 0 atom stereocenters. The van der Waals surface area contributed by atoms with Gasteiger partial charge < -0.3 is 10.2 Å². The van der Waals surface area contributed by atoms with E-state index in [1.54, 1.807) is 23.6 Å². The van der Waals surface area contributed by atoms with Gasteiger partial charge in [-0.15, -0.1) is 4.41 Å². The van der Waals surface area contributed by atoms with Crippen LogP contribution in [0.15, 0.2) is 29.4 Å². The molecule has 3 N–H and O–H groups in total. The number of hydrogen-bond acceptors (Lipinski definition) is 4. The Hall–Kier alpha value is -1.96. The fourth-order valence-electron chi connectivity index (χ4n) is 0.691. The number of hydrogen-bond donors (Lipinski definition) is 3. The Balaban J connectivity index is 2.67. The molecule has 2 amide bonds. The number of rotatable bonds is 2. The first kappa shape index (κ1) is 11.1. The van der Waals surface area contributed by atoms with E-state index in [9.17, 15) is 9.59 Å². The lowest BCUT2D eigenvalue weighted by Crippen LogP contribution is -2.39. The Morgan fingerprint density at radius 2 is 2.13 bits per heavy atom. The zero-order chi connectivity index (χ0) is 11.3. The smallest absolute Gasteiger partial charge is 0.437 e. The predicted octanol–water partition coefficient (Wildman–Crippen LogP) is 1.25. The third-order valence-electron chi connectivity index (χ3n) is 1.19. The Bertz CT molecular complexity index is 359. The second kappa shape index (κ2) is 5.05. The lowest BCUT2D eigenvalue weighted by molar-refractivity contribution is 0.147. The van der Waals surface area contributed by atoms with Crippen LogP contribution in [0.3, 0.4) is 0 Å². The number of carboxylic acid groups (broad SMARTS) is 2. The summed E-state index contributed by atoms with van der Waals surface area (Å²) >= 11 is 0.656. The Kier molecular flexibility index (Phi) is 3.75. The van der Waals surface area contributed by atoms with Crippen LogP contribution < -0.4 is 5.43 Å². The predicted molar refractivity (Wildman–Crippen MR) is 51.1 cm³/mol. The van der Waals surface area contributed by atoms with Gasteiger partial charge in [0.05, 0.1) is 0 Å². The third kappa shape index (κ3) is 3.73. The summed E-state index contributed by atoms with van der Waals surface area (Å²) in [4.78, 5) is 24.7. The second-order valence-corrected chi connectivity index (χ2v) is 3.22. The molecular formula is C7H7N3O4S. The van der Waals surface area contributed by atoms with E-state index in [2.05, 4.69) is 4.98 Å². The monoisotopic (exact) mass is 229 g/mol. The van der Waals surface area contributed by atoms with Crippen LogP contribution in [0.4, 0.5) is 9.59 Å². The van der Waals surface area contributed by atoms with Gasteiger partial charge in [-0.1, -0.05) is 6.07 Å². The highest BCUT2D eigenvalue weighted by molar-refractivity contribution is 7.97. The highest BCUT2D eigenvalue weighted by atomic mass is 32.2. The number of aromatic nitrogens is 1. The molecule has 8 heteroatoms. The van der Waals surface area contributed by atoms with E-state index >= 15 is 0 Å². The summed E-state index contributed by atoms with van der Waals surface area (Å²) in [5.41, 5.74) is 1.70. The fraction of sp³-hybridized carbons (Fsp3) is 0. The zero-order valence-electron chi connectivity index (χ0n) is 7.32. The lowest BCUT2D eigenvalue weighted by atomic mass is 10.5. The number of carbonyl (C=O) groups is 2. The maximum absolute atomic E-state index is 10.6. The largest absolute Gasteiger partial charge is 0.464 e. The van der Waals surface area contributed by atoms with Crippen molar-refractivity contribution in [1.29, 1.82) is 0 Å². The van der Waals surface area contributed by atoms with E-state index in [1.807, 2.05) is 0 Å². The summed E-state index contributed by atoms with van der Waals surface area (Å²) < 4.78 is 0.449. The summed E-state index contributed by atoms with van der Waals surface area (Å²) in [5.74, 6) is 0. The van der Waals surface area contributed by atoms with Crippen LogP contribution >= 0.6 is 11.9 Å². The van der Waals surface area contributed by atoms with Gasteiger partial charge in [0.25, 0.3) is 0 Å². The van der Waals surface area contributed by atoms with E-state index < -0.39 is 12.2 Å². The molecule has 0 bridgehead atoms. The highest BCUT2D eigenvalue weighted by Gasteiger charge is 2.16. The average molecular weight is 229 g/mol. The van der Waals surface area contributed by atoms with Gasteiger partial charge in [-0.05, 0) is 12.1 Å². The minimum Gasteiger partial charge on any atom is -0.464 e. The van der Waals surface area contributed by atoms with Gasteiger partial charge in [0.15, 0.2) is 0 Å². The van der Waals surface area contributed by atoms with Crippen molar-refractivity contribution in [3.8, 4) is 0 Å². The summed E-state index contributed by atoms with van der Waals surface area (Å²) in [7, 11) is 0. The summed E-state index contributed by atoms with van der Waals surface area (Å²) in [6, 6.07) is 4.89. The highest BCUT2D eigenvalue weighted by Crippen LogP contribution is 2.17. The molecule has 1 aromatic rings. The van der Waals surface area contributed by atoms with E-state index in [0.29, 0.717) is 21.4 Å². The molecule has 0 aliphatic rings. The zero-order valence-corrected chi connectivity index (χ0v) is 8.14. The van der Waals surface area contributed by atoms with Crippen molar-refractivity contribution in [2.45, 2.75) is 5.03 Å². The van der Waals surface area contributed by atoms with Crippen LogP contribution in [0.5, 0.6) is 0 Å². The van der Waals surface area contributed by atoms with Crippen molar-refractivity contribution in [2.24, 2.45) is 0 Å². The van der Waals surface area contributed by atoms with Gasteiger partial charge in [-0.2, -0.15) is 0 Å². The van der Waals surface area contributed by atoms with Crippen molar-refractivity contribution in [2.75, 3.05) is 0 Å². The fourth-order valence-corrected chi connectivity index (χ4v) is 1.33. The number of nitrogens with one attached hydrogen (secondary N) is 1. The quantitative estimate of drug-likeness (QED) is 0.521. The number of pyridine rings is 1. The molecule has 7 nitrogen and oxygen atoms in total. The first-order valence-electron chi connectivity index (χ1n) is 3.71. The van der Waals surface area contributed by atoms with Crippen LogP contribution in [0, 0.1) is 0 Å². The van der Waals surface area contributed by atoms with Gasteiger partial charge >= 0.3 is 12.2 Å². The molecule has 15 heavy (non-hydrogen) atoms. The van der Waals surface area contributed by atoms with Crippen LogP contribution in [0.25, 0.3) is 0 Å². The standard InChI is InChI=1S/C7H7N3O4S/c11-6(12)9-10(7(13)14)15-5-3-1-2-4-8-5/h1-4,9H,(H,11,12)(H,13,14). The van der Waals surface area contributed by atoms with Gasteiger partial charge in [0, 0.05) is 18.1 Å². The minimum absolute atomic E-state index is 0.369. The second-order valence-electron chi connectivity index (χ2n) is 2.25. The Morgan fingerprint density at radius 3 is 2.60 bits per heavy atom. The molecule has 80 valence electrons. The number of amides is 2. The van der Waals surface area contributed by atoms with Crippen LogP contribution in [0.2, 0.25) is 0 Å². The van der Waals surface area contributed by atoms with Gasteiger partial charge in [0.1, 0.15) is 5.03 Å². The molecule has 0 saturated carbocycles. The Labute approximate surface area is 88.8 Å². The van der Waals surface area contributed by atoms with E-state index in [4.69, 9.17) is 10.2 Å². The van der Waals surface area contributed by atoms with Crippen molar-refractivity contribution in [1.82, 2.24) is 14.8 Å². The van der Waals surface area contributed by atoms with Crippen LogP contribution in [0.1, 0.15) is 0 Å². The number of hydrazine groups is 1. The van der Waals surface area contributed by atoms with Crippen molar-refractivity contribution < 1.29 is 19.8 Å². The SMILES string of the molecule is O=C(O)NN(Sc1ccccn1)C(=O)O. The van der Waals surface area contributed by atoms with Crippen LogP contribution in [-0.2, 0) is 0 Å². The van der Waals surface area contributed by atoms with Crippen molar-refractivity contribution in [3.63, 3.8) is 0 Å². The molecule has 0 radical (unpaired) electrons. The van der Waals surface area contributed by atoms with E-state index in [0.717, 1.165) is 0 Å². The minimum atomic E-state index is -1.46. The first-order valence-corrected chi connectivity index (χ1v) is 4.48. The summed E-state index contributed by atoms with van der Waals surface area (Å²) in [6.07, 6.45) is -1.41. The molecule has 1 aromatic heterocycles. The normalized spacial score (nSPS) is 9.33. The average Bonchev–Trinajstić information content (AvgIpc) is 2.17. The van der Waals surface area contributed by atoms with Gasteiger partial charge in [0.2, 0.25) is 0 Å². The molecule has 0 unspecified atom stereocenters. The molecule has 1 rings (SSSR count). The van der Waals surface area contributed by atoms with E-state index in [-0.39, 0.29) is 0 Å². The molecule has 0 saturated heterocycles. The lowest BCUT2D eigenvalue weighted by Gasteiger charge is -2.15. The molecule has 1 heterocycles. The molecule has 0 fully saturated rings. The first-order chi connectivity index (χ1) is 7.09. The van der Waals surface area contributed by atoms with Gasteiger partial charge in [-0.25, -0.2) is 20.0 Å². The third-order valence-corrected chi connectivity index (χ3v) is 2.05. The van der Waals surface area contributed by atoms with E-state index in [1.165, 1.54) is 6.20 Å². The maximum Gasteiger partial charge on any atom is 0.437 e. The van der Waals surface area contributed by atoms with Gasteiger partial charge in [-0.3, -0.25) is 0 Å². The molecule has 0 spiro atoms. The molecule has 0 aliphatic heterocycles. The maximum atomic E-state index is 10.6.